The number of allylic oxidation sites excluding steroid dienone is 4. The van der Waals surface area contributed by atoms with E-state index in [0.29, 0.717) is 0 Å². The van der Waals surface area contributed by atoms with Crippen LogP contribution >= 0.6 is 11.6 Å². The van der Waals surface area contributed by atoms with Crippen LogP contribution in [0.2, 0.25) is 0 Å². The standard InChI is InChI=1S/C7H11Cl/c1-3-5-7(8)6-4-2/h3,5-6H,4H2,1-2H3/b5-3-,7-6+. The Labute approximate surface area is 55.9 Å². The fourth-order valence-corrected chi connectivity index (χ4v) is 0.703. The predicted octanol–water partition coefficient (Wildman–Crippen LogP) is 3.10. The summed E-state index contributed by atoms with van der Waals surface area (Å²) in [6, 6.07) is 0. The van der Waals surface area contributed by atoms with Gasteiger partial charge in [0.05, 0.1) is 0 Å². The van der Waals surface area contributed by atoms with Crippen LogP contribution in [0.25, 0.3) is 0 Å². The van der Waals surface area contributed by atoms with Crippen LogP contribution in [0.5, 0.6) is 0 Å². The quantitative estimate of drug-likeness (QED) is 0.504. The zero-order chi connectivity index (χ0) is 6.41. The molecule has 0 nitrogen and oxygen atoms in total. The molecule has 0 bridgehead atoms. The fraction of sp³-hybridized carbons (Fsp3) is 0.429. The molecule has 0 saturated heterocycles. The molecule has 0 fully saturated rings. The average Bonchev–Trinajstić information content (AvgIpc) is 1.68. The molecule has 0 atom stereocenters. The van der Waals surface area contributed by atoms with Gasteiger partial charge in [-0.1, -0.05) is 30.7 Å². The van der Waals surface area contributed by atoms with Crippen LogP contribution < -0.4 is 0 Å². The van der Waals surface area contributed by atoms with Crippen molar-refractivity contribution < 1.29 is 0 Å². The maximum absolute atomic E-state index is 5.66. The molecule has 0 amide bonds. The van der Waals surface area contributed by atoms with E-state index >= 15 is 0 Å². The molecule has 0 aromatic rings. The van der Waals surface area contributed by atoms with E-state index < -0.39 is 0 Å². The van der Waals surface area contributed by atoms with Gasteiger partial charge in [-0.3, -0.25) is 0 Å². The lowest BCUT2D eigenvalue weighted by atomic mass is 10.4. The summed E-state index contributed by atoms with van der Waals surface area (Å²) in [5.74, 6) is 0. The molecular weight excluding hydrogens is 120 g/mol. The second-order valence-corrected chi connectivity index (χ2v) is 1.93. The van der Waals surface area contributed by atoms with E-state index in [9.17, 15) is 0 Å². The second kappa shape index (κ2) is 4.92. The lowest BCUT2D eigenvalue weighted by Gasteiger charge is -1.82. The smallest absolute Gasteiger partial charge is 0.0362 e. The summed E-state index contributed by atoms with van der Waals surface area (Å²) in [6.07, 6.45) is 6.78. The van der Waals surface area contributed by atoms with Gasteiger partial charge in [-0.25, -0.2) is 0 Å². The summed E-state index contributed by atoms with van der Waals surface area (Å²) in [5.41, 5.74) is 0. The topological polar surface area (TPSA) is 0 Å². The molecule has 0 aliphatic heterocycles. The Morgan fingerprint density at radius 3 is 2.62 bits per heavy atom. The number of rotatable bonds is 2. The zero-order valence-electron chi connectivity index (χ0n) is 5.32. The Hall–Kier alpha value is -0.230. The van der Waals surface area contributed by atoms with Crippen LogP contribution in [-0.2, 0) is 0 Å². The zero-order valence-corrected chi connectivity index (χ0v) is 6.07. The van der Waals surface area contributed by atoms with Gasteiger partial charge in [-0.2, -0.15) is 0 Å². The van der Waals surface area contributed by atoms with Crippen molar-refractivity contribution in [3.63, 3.8) is 0 Å². The van der Waals surface area contributed by atoms with Gasteiger partial charge in [0.2, 0.25) is 0 Å². The van der Waals surface area contributed by atoms with E-state index in [2.05, 4.69) is 6.92 Å². The molecule has 0 rings (SSSR count). The van der Waals surface area contributed by atoms with E-state index in [1.165, 1.54) is 0 Å². The van der Waals surface area contributed by atoms with Crippen LogP contribution in [0.4, 0.5) is 0 Å². The summed E-state index contributed by atoms with van der Waals surface area (Å²) in [6.45, 7) is 4.01. The maximum atomic E-state index is 5.66. The maximum Gasteiger partial charge on any atom is 0.0362 e. The minimum absolute atomic E-state index is 0.829. The Morgan fingerprint density at radius 2 is 2.25 bits per heavy atom. The normalized spacial score (nSPS) is 13.1. The molecule has 0 N–H and O–H groups in total. The molecule has 0 heterocycles. The van der Waals surface area contributed by atoms with Crippen LogP contribution in [-0.4, -0.2) is 0 Å². The third-order valence-electron chi connectivity index (χ3n) is 0.725. The molecule has 0 spiro atoms. The summed E-state index contributed by atoms with van der Waals surface area (Å²) in [7, 11) is 0. The van der Waals surface area contributed by atoms with E-state index in [1.54, 1.807) is 0 Å². The highest BCUT2D eigenvalue weighted by molar-refractivity contribution is 6.31. The minimum Gasteiger partial charge on any atom is -0.0862 e. The summed E-state index contributed by atoms with van der Waals surface area (Å²) >= 11 is 5.66. The number of hydrogen-bond donors (Lipinski definition) is 0. The van der Waals surface area contributed by atoms with E-state index in [-0.39, 0.29) is 0 Å². The van der Waals surface area contributed by atoms with Gasteiger partial charge >= 0.3 is 0 Å². The molecule has 8 heavy (non-hydrogen) atoms. The minimum atomic E-state index is 0.829. The van der Waals surface area contributed by atoms with E-state index in [0.717, 1.165) is 11.5 Å². The lowest BCUT2D eigenvalue weighted by Crippen LogP contribution is -1.60. The highest BCUT2D eigenvalue weighted by Crippen LogP contribution is 2.03. The van der Waals surface area contributed by atoms with Crippen molar-refractivity contribution in [2.75, 3.05) is 0 Å². The van der Waals surface area contributed by atoms with Crippen molar-refractivity contribution in [1.29, 1.82) is 0 Å². The number of hydrogen-bond acceptors (Lipinski definition) is 0. The van der Waals surface area contributed by atoms with Gasteiger partial charge in [0.15, 0.2) is 0 Å². The third-order valence-corrected chi connectivity index (χ3v) is 1.01. The van der Waals surface area contributed by atoms with Crippen LogP contribution in [0.15, 0.2) is 23.3 Å². The third kappa shape index (κ3) is 3.94. The van der Waals surface area contributed by atoms with Gasteiger partial charge in [-0.05, 0) is 19.4 Å². The molecule has 0 unspecified atom stereocenters. The molecule has 0 aromatic carbocycles. The molecule has 46 valence electrons. The van der Waals surface area contributed by atoms with Crippen molar-refractivity contribution in [2.24, 2.45) is 0 Å². The highest BCUT2D eigenvalue weighted by Gasteiger charge is 1.77. The monoisotopic (exact) mass is 130 g/mol. The molecule has 0 aliphatic rings. The lowest BCUT2D eigenvalue weighted by molar-refractivity contribution is 1.22. The van der Waals surface area contributed by atoms with Crippen molar-refractivity contribution >= 4 is 11.6 Å². The molecule has 0 saturated carbocycles. The van der Waals surface area contributed by atoms with Crippen LogP contribution in [0.1, 0.15) is 20.3 Å². The Morgan fingerprint density at radius 1 is 1.62 bits per heavy atom. The van der Waals surface area contributed by atoms with Gasteiger partial charge < -0.3 is 0 Å². The average molecular weight is 131 g/mol. The molecule has 0 aliphatic carbocycles. The predicted molar refractivity (Wildman–Crippen MR) is 39.0 cm³/mol. The molecule has 0 radical (unpaired) electrons. The van der Waals surface area contributed by atoms with Gasteiger partial charge in [0, 0.05) is 5.03 Å². The molecular formula is C7H11Cl. The van der Waals surface area contributed by atoms with Gasteiger partial charge in [0.25, 0.3) is 0 Å². The second-order valence-electron chi connectivity index (χ2n) is 1.50. The number of halogens is 1. The first-order chi connectivity index (χ1) is 3.81. The first kappa shape index (κ1) is 7.77. The van der Waals surface area contributed by atoms with Crippen molar-refractivity contribution in [3.8, 4) is 0 Å². The first-order valence-electron chi connectivity index (χ1n) is 2.79. The molecule has 0 aromatic heterocycles. The Kier molecular flexibility index (Phi) is 4.78. The summed E-state index contributed by atoms with van der Waals surface area (Å²) in [4.78, 5) is 0. The Bertz CT molecular complexity index is 101. The van der Waals surface area contributed by atoms with Crippen LogP contribution in [0.3, 0.4) is 0 Å². The van der Waals surface area contributed by atoms with Crippen molar-refractivity contribution in [1.82, 2.24) is 0 Å². The van der Waals surface area contributed by atoms with Crippen molar-refractivity contribution in [3.05, 3.63) is 23.3 Å². The van der Waals surface area contributed by atoms with Crippen LogP contribution in [0, 0.1) is 0 Å². The fourth-order valence-electron chi connectivity index (χ4n) is 0.422. The summed E-state index contributed by atoms with van der Waals surface area (Å²) < 4.78 is 0. The van der Waals surface area contributed by atoms with Crippen molar-refractivity contribution in [2.45, 2.75) is 20.3 Å². The van der Waals surface area contributed by atoms with E-state index in [1.807, 2.05) is 25.2 Å². The van der Waals surface area contributed by atoms with E-state index in [4.69, 9.17) is 11.6 Å². The Balaban J connectivity index is 3.61. The highest BCUT2D eigenvalue weighted by atomic mass is 35.5. The largest absolute Gasteiger partial charge is 0.0862 e. The first-order valence-corrected chi connectivity index (χ1v) is 3.17. The van der Waals surface area contributed by atoms with Gasteiger partial charge in [-0.15, -0.1) is 0 Å². The molecule has 1 heteroatoms. The summed E-state index contributed by atoms with van der Waals surface area (Å²) in [5, 5.41) is 0.829. The SMILES string of the molecule is C/C=C\C(Cl)=C/CC. The van der Waals surface area contributed by atoms with Gasteiger partial charge in [0.1, 0.15) is 0 Å².